The summed E-state index contributed by atoms with van der Waals surface area (Å²) in [7, 11) is 0. The Balaban J connectivity index is 0.00000324. The molecule has 0 fully saturated rings. The van der Waals surface area contributed by atoms with E-state index < -0.39 is 22.4 Å². The molecule has 0 aromatic heterocycles. The highest BCUT2D eigenvalue weighted by molar-refractivity contribution is 5.85. The van der Waals surface area contributed by atoms with Gasteiger partial charge in [0.2, 0.25) is 0 Å². The van der Waals surface area contributed by atoms with Gasteiger partial charge >= 0.3 is 5.69 Å². The molecular formula is C12H14ClN3O3. The monoisotopic (exact) mass is 283 g/mol. The Hall–Kier alpha value is -2.10. The Morgan fingerprint density at radius 3 is 2.74 bits per heavy atom. The second kappa shape index (κ2) is 7.36. The van der Waals surface area contributed by atoms with Crippen LogP contribution < -0.4 is 5.73 Å². The van der Waals surface area contributed by atoms with E-state index in [0.29, 0.717) is 12.8 Å². The number of hydrogen-bond donors (Lipinski definition) is 2. The molecule has 6 nitrogen and oxygen atoms in total. The third kappa shape index (κ3) is 3.95. The van der Waals surface area contributed by atoms with Crippen LogP contribution in [-0.4, -0.2) is 10.0 Å². The second-order valence-electron chi connectivity index (χ2n) is 3.77. The Morgan fingerprint density at radius 1 is 1.63 bits per heavy atom. The molecule has 0 spiro atoms. The molecule has 0 amide bonds. The van der Waals surface area contributed by atoms with Gasteiger partial charge in [0.1, 0.15) is 0 Å². The Kier molecular flexibility index (Phi) is 6.55. The quantitative estimate of drug-likeness (QED) is 0.490. The maximum absolute atomic E-state index is 10.8. The number of phenols is 1. The number of aromatic hydroxyl groups is 1. The summed E-state index contributed by atoms with van der Waals surface area (Å²) in [5.74, 6) is -0.476. The van der Waals surface area contributed by atoms with Crippen LogP contribution in [0.3, 0.4) is 0 Å². The van der Waals surface area contributed by atoms with Crippen molar-refractivity contribution in [1.29, 1.82) is 5.26 Å². The molecule has 0 aliphatic heterocycles. The van der Waals surface area contributed by atoms with Crippen LogP contribution >= 0.6 is 12.4 Å². The summed E-state index contributed by atoms with van der Waals surface area (Å²) in [6.07, 6.45) is 2.77. The van der Waals surface area contributed by atoms with Crippen molar-refractivity contribution >= 4 is 18.1 Å². The average Bonchev–Trinajstić information content (AvgIpc) is 2.35. The molecule has 0 bridgehead atoms. The lowest BCUT2D eigenvalue weighted by atomic mass is 9.99. The maximum atomic E-state index is 10.8. The molecule has 0 heterocycles. The van der Waals surface area contributed by atoms with Crippen LogP contribution in [0.2, 0.25) is 0 Å². The molecular weight excluding hydrogens is 270 g/mol. The molecule has 1 rings (SSSR count). The van der Waals surface area contributed by atoms with Crippen LogP contribution in [0.15, 0.2) is 24.8 Å². The number of halogens is 1. The van der Waals surface area contributed by atoms with Gasteiger partial charge in [-0.25, -0.2) is 0 Å². The van der Waals surface area contributed by atoms with E-state index in [-0.39, 0.29) is 23.5 Å². The van der Waals surface area contributed by atoms with Gasteiger partial charge in [-0.1, -0.05) is 6.08 Å². The first-order valence-electron chi connectivity index (χ1n) is 5.29. The first-order chi connectivity index (χ1) is 8.51. The summed E-state index contributed by atoms with van der Waals surface area (Å²) >= 11 is 0. The van der Waals surface area contributed by atoms with Crippen molar-refractivity contribution in [2.24, 2.45) is 5.73 Å². The smallest absolute Gasteiger partial charge is 0.312 e. The molecule has 7 heteroatoms. The molecule has 1 aromatic carbocycles. The number of phenolic OH excluding ortho intramolecular Hbond substituents is 1. The highest BCUT2D eigenvalue weighted by atomic mass is 35.5. The van der Waals surface area contributed by atoms with E-state index in [1.54, 1.807) is 6.08 Å². The number of rotatable bonds is 5. The number of nitrogens with two attached hydrogens (primary N) is 1. The van der Waals surface area contributed by atoms with Gasteiger partial charge in [-0.3, -0.25) is 10.1 Å². The normalized spacial score (nSPS) is 10.9. The van der Waals surface area contributed by atoms with Crippen LogP contribution in [0.4, 0.5) is 5.69 Å². The van der Waals surface area contributed by atoms with Gasteiger partial charge in [0.25, 0.3) is 0 Å². The summed E-state index contributed by atoms with van der Waals surface area (Å²) in [4.78, 5) is 10.0. The van der Waals surface area contributed by atoms with Crippen molar-refractivity contribution in [1.82, 2.24) is 0 Å². The number of nitriles is 1. The van der Waals surface area contributed by atoms with Crippen molar-refractivity contribution in [3.63, 3.8) is 0 Å². The van der Waals surface area contributed by atoms with Crippen LogP contribution in [0.1, 0.15) is 30.0 Å². The van der Waals surface area contributed by atoms with Crippen LogP contribution in [0, 0.1) is 21.4 Å². The third-order valence-corrected chi connectivity index (χ3v) is 2.53. The third-order valence-electron chi connectivity index (χ3n) is 2.53. The van der Waals surface area contributed by atoms with Crippen LogP contribution in [0.25, 0.3) is 0 Å². The van der Waals surface area contributed by atoms with E-state index in [4.69, 9.17) is 11.0 Å². The average molecular weight is 284 g/mol. The molecule has 0 aliphatic carbocycles. The summed E-state index contributed by atoms with van der Waals surface area (Å²) in [5, 5.41) is 29.4. The van der Waals surface area contributed by atoms with E-state index in [2.05, 4.69) is 6.58 Å². The number of allylic oxidation sites excluding steroid dienone is 1. The lowest BCUT2D eigenvalue weighted by Gasteiger charge is -2.13. The van der Waals surface area contributed by atoms with Crippen molar-refractivity contribution < 1.29 is 10.0 Å². The molecule has 19 heavy (non-hydrogen) atoms. The molecule has 0 aliphatic rings. The zero-order valence-corrected chi connectivity index (χ0v) is 10.9. The topological polar surface area (TPSA) is 113 Å². The first-order valence-corrected chi connectivity index (χ1v) is 5.29. The molecule has 0 saturated heterocycles. The van der Waals surface area contributed by atoms with E-state index >= 15 is 0 Å². The number of hydrogen-bond acceptors (Lipinski definition) is 5. The first kappa shape index (κ1) is 16.9. The van der Waals surface area contributed by atoms with Gasteiger partial charge in [-0.2, -0.15) is 5.26 Å². The highest BCUT2D eigenvalue weighted by Crippen LogP contribution is 2.35. The minimum atomic E-state index is -0.736. The van der Waals surface area contributed by atoms with Gasteiger partial charge in [-0.05, 0) is 18.9 Å². The molecule has 0 radical (unpaired) electrons. The number of nitro groups is 1. The van der Waals surface area contributed by atoms with E-state index in [1.807, 2.05) is 6.07 Å². The Morgan fingerprint density at radius 2 is 2.26 bits per heavy atom. The summed E-state index contributed by atoms with van der Waals surface area (Å²) in [5.41, 5.74) is 5.64. The van der Waals surface area contributed by atoms with Gasteiger partial charge in [-0.15, -0.1) is 19.0 Å². The van der Waals surface area contributed by atoms with Crippen LogP contribution in [-0.2, 0) is 0 Å². The minimum absolute atomic E-state index is 0. The van der Waals surface area contributed by atoms with Gasteiger partial charge in [0.05, 0.1) is 16.6 Å². The molecule has 1 atom stereocenters. The minimum Gasteiger partial charge on any atom is -0.502 e. The molecule has 1 aromatic rings. The molecule has 0 saturated carbocycles. The van der Waals surface area contributed by atoms with Gasteiger partial charge in [0.15, 0.2) is 5.75 Å². The largest absolute Gasteiger partial charge is 0.502 e. The van der Waals surface area contributed by atoms with Crippen molar-refractivity contribution in [3.05, 3.63) is 46.0 Å². The fraction of sp³-hybridized carbons (Fsp3) is 0.250. The van der Waals surface area contributed by atoms with Crippen molar-refractivity contribution in [2.45, 2.75) is 18.9 Å². The standard InChI is InChI=1S/C12H13N3O3.ClH/c1-2-3-4-10(14)9-5-8(7-13)6-11(12(9)16)15(17)18;/h2,5-6,10,16H,1,3-4,14H2;1H/t10-;/m1./s1. The summed E-state index contributed by atoms with van der Waals surface area (Å²) in [6.45, 7) is 3.55. The SMILES string of the molecule is C=CCC[C@@H](N)c1cc(C#N)cc([N+](=O)[O-])c1O.Cl. The van der Waals surface area contributed by atoms with Gasteiger partial charge < -0.3 is 10.8 Å². The number of nitrogens with zero attached hydrogens (tertiary/aromatic N) is 2. The summed E-state index contributed by atoms with van der Waals surface area (Å²) < 4.78 is 0. The van der Waals surface area contributed by atoms with Crippen molar-refractivity contribution in [3.8, 4) is 11.8 Å². The van der Waals surface area contributed by atoms with Gasteiger partial charge in [0, 0.05) is 17.7 Å². The molecule has 0 unspecified atom stereocenters. The predicted molar refractivity (Wildman–Crippen MR) is 73.1 cm³/mol. The maximum Gasteiger partial charge on any atom is 0.312 e. The van der Waals surface area contributed by atoms with Crippen LogP contribution in [0.5, 0.6) is 5.75 Å². The Bertz CT molecular complexity index is 526. The van der Waals surface area contributed by atoms with Crippen molar-refractivity contribution in [2.75, 3.05) is 0 Å². The number of benzene rings is 1. The zero-order chi connectivity index (χ0) is 13.7. The fourth-order valence-corrected chi connectivity index (χ4v) is 1.58. The molecule has 3 N–H and O–H groups in total. The summed E-state index contributed by atoms with van der Waals surface area (Å²) in [6, 6.07) is 3.63. The van der Waals surface area contributed by atoms with E-state index in [9.17, 15) is 15.2 Å². The Labute approximate surface area is 116 Å². The van der Waals surface area contributed by atoms with E-state index in [0.717, 1.165) is 6.07 Å². The molecule has 102 valence electrons. The fourth-order valence-electron chi connectivity index (χ4n) is 1.58. The van der Waals surface area contributed by atoms with E-state index in [1.165, 1.54) is 6.07 Å². The second-order valence-corrected chi connectivity index (χ2v) is 3.77. The lowest BCUT2D eigenvalue weighted by Crippen LogP contribution is -2.11. The predicted octanol–water partition coefficient (Wildman–Crippen LogP) is 2.56. The zero-order valence-electron chi connectivity index (χ0n) is 10.1. The highest BCUT2D eigenvalue weighted by Gasteiger charge is 2.22. The number of nitro benzene ring substituents is 1. The lowest BCUT2D eigenvalue weighted by molar-refractivity contribution is -0.386.